The van der Waals surface area contributed by atoms with Crippen molar-refractivity contribution in [1.82, 2.24) is 0 Å². The van der Waals surface area contributed by atoms with Crippen LogP contribution in [0.15, 0.2) is 30.3 Å². The average molecular weight is 292 g/mol. The number of benzene rings is 2. The second-order valence-corrected chi connectivity index (χ2v) is 4.57. The maximum absolute atomic E-state index is 11.0. The van der Waals surface area contributed by atoms with E-state index < -0.39 is 0 Å². The molecule has 0 bridgehead atoms. The molecule has 0 aliphatic rings. The summed E-state index contributed by atoms with van der Waals surface area (Å²) in [5.74, 6) is 0.991. The number of hydrogen-bond donors (Lipinski definition) is 1. The molecule has 0 atom stereocenters. The first-order valence-corrected chi connectivity index (χ1v) is 6.25. The molecule has 2 N–H and O–H groups in total. The molecule has 104 valence electrons. The van der Waals surface area contributed by atoms with Crippen LogP contribution in [-0.4, -0.2) is 20.5 Å². The molecule has 2 rings (SSSR count). The number of ether oxygens (including phenoxy) is 2. The zero-order valence-electron chi connectivity index (χ0n) is 11.1. The molecule has 0 heterocycles. The van der Waals surface area contributed by atoms with Gasteiger partial charge >= 0.3 is 0 Å². The Balaban J connectivity index is 2.73. The number of nitrogen functional groups attached to an aromatic ring is 1. The first-order valence-electron chi connectivity index (χ1n) is 5.87. The third-order valence-electron chi connectivity index (χ3n) is 2.92. The Hall–Kier alpha value is -2.20. The fraction of sp³-hybridized carbons (Fsp3) is 0.133. The average Bonchev–Trinajstić information content (AvgIpc) is 2.45. The topological polar surface area (TPSA) is 61.5 Å². The maximum atomic E-state index is 11.0. The minimum atomic E-state index is 0.472. The van der Waals surface area contributed by atoms with E-state index in [1.807, 2.05) is 0 Å². The zero-order valence-corrected chi connectivity index (χ0v) is 11.9. The van der Waals surface area contributed by atoms with E-state index in [0.717, 1.165) is 11.8 Å². The van der Waals surface area contributed by atoms with Gasteiger partial charge in [-0.25, -0.2) is 0 Å². The van der Waals surface area contributed by atoms with Crippen LogP contribution in [0.25, 0.3) is 11.1 Å². The SMILES string of the molecule is COc1cc(C=O)cc(-c2ccc(N)cc2Cl)c1OC. The van der Waals surface area contributed by atoms with Gasteiger partial charge in [-0.1, -0.05) is 17.7 Å². The van der Waals surface area contributed by atoms with E-state index in [9.17, 15) is 4.79 Å². The van der Waals surface area contributed by atoms with Crippen molar-refractivity contribution >= 4 is 23.6 Å². The lowest BCUT2D eigenvalue weighted by atomic mass is 10.0. The molecule has 4 nitrogen and oxygen atoms in total. The van der Waals surface area contributed by atoms with E-state index in [-0.39, 0.29) is 0 Å². The van der Waals surface area contributed by atoms with E-state index >= 15 is 0 Å². The van der Waals surface area contributed by atoms with Gasteiger partial charge in [0.1, 0.15) is 6.29 Å². The largest absolute Gasteiger partial charge is 0.493 e. The summed E-state index contributed by atoms with van der Waals surface area (Å²) in [6.07, 6.45) is 0.747. The summed E-state index contributed by atoms with van der Waals surface area (Å²) in [7, 11) is 3.05. The van der Waals surface area contributed by atoms with Crippen LogP contribution in [0.2, 0.25) is 5.02 Å². The predicted molar refractivity (Wildman–Crippen MR) is 79.8 cm³/mol. The van der Waals surface area contributed by atoms with Crippen molar-refractivity contribution in [1.29, 1.82) is 0 Å². The van der Waals surface area contributed by atoms with E-state index in [1.165, 1.54) is 14.2 Å². The fourth-order valence-corrected chi connectivity index (χ4v) is 2.29. The second kappa shape index (κ2) is 5.84. The molecule has 2 aromatic rings. The monoisotopic (exact) mass is 291 g/mol. The molecule has 0 saturated carbocycles. The Morgan fingerprint density at radius 2 is 1.85 bits per heavy atom. The molecular weight excluding hydrogens is 278 g/mol. The summed E-state index contributed by atoms with van der Waals surface area (Å²) < 4.78 is 10.6. The lowest BCUT2D eigenvalue weighted by Crippen LogP contribution is -1.96. The molecule has 0 radical (unpaired) electrons. The molecule has 20 heavy (non-hydrogen) atoms. The Kier molecular flexibility index (Phi) is 4.15. The molecule has 0 amide bonds. The highest BCUT2D eigenvalue weighted by Gasteiger charge is 2.16. The molecule has 0 spiro atoms. The molecule has 0 saturated heterocycles. The Morgan fingerprint density at radius 3 is 2.40 bits per heavy atom. The predicted octanol–water partition coefficient (Wildman–Crippen LogP) is 3.42. The Bertz CT molecular complexity index is 656. The summed E-state index contributed by atoms with van der Waals surface area (Å²) >= 11 is 6.22. The molecule has 5 heteroatoms. The maximum Gasteiger partial charge on any atom is 0.168 e. The Labute approximate surface area is 122 Å². The smallest absolute Gasteiger partial charge is 0.168 e. The number of hydrogen-bond acceptors (Lipinski definition) is 4. The van der Waals surface area contributed by atoms with Gasteiger partial charge in [0.15, 0.2) is 11.5 Å². The van der Waals surface area contributed by atoms with Gasteiger partial charge in [0.2, 0.25) is 0 Å². The van der Waals surface area contributed by atoms with Crippen molar-refractivity contribution in [2.24, 2.45) is 0 Å². The van der Waals surface area contributed by atoms with Gasteiger partial charge in [0, 0.05) is 22.4 Å². The summed E-state index contributed by atoms with van der Waals surface area (Å²) in [5, 5.41) is 0.480. The van der Waals surface area contributed by atoms with Crippen LogP contribution >= 0.6 is 11.6 Å². The summed E-state index contributed by atoms with van der Waals surface area (Å²) in [6, 6.07) is 8.48. The standard InChI is InChI=1S/C15H14ClNO3/c1-19-14-6-9(8-18)5-12(15(14)20-2)11-4-3-10(17)7-13(11)16/h3-8H,17H2,1-2H3. The Morgan fingerprint density at radius 1 is 1.10 bits per heavy atom. The second-order valence-electron chi connectivity index (χ2n) is 4.16. The quantitative estimate of drug-likeness (QED) is 0.692. The number of rotatable bonds is 4. The van der Waals surface area contributed by atoms with Gasteiger partial charge in [-0.2, -0.15) is 0 Å². The third kappa shape index (κ3) is 2.56. The van der Waals surface area contributed by atoms with Gasteiger partial charge in [0.25, 0.3) is 0 Å². The number of nitrogens with two attached hydrogens (primary N) is 1. The first-order chi connectivity index (χ1) is 9.60. The first kappa shape index (κ1) is 14.2. The lowest BCUT2D eigenvalue weighted by molar-refractivity contribution is 0.112. The van der Waals surface area contributed by atoms with Crippen LogP contribution in [-0.2, 0) is 0 Å². The number of carbonyl (C=O) groups excluding carboxylic acids is 1. The van der Waals surface area contributed by atoms with Crippen LogP contribution in [0.1, 0.15) is 10.4 Å². The van der Waals surface area contributed by atoms with Crippen LogP contribution in [0.3, 0.4) is 0 Å². The van der Waals surface area contributed by atoms with Gasteiger partial charge < -0.3 is 15.2 Å². The van der Waals surface area contributed by atoms with Gasteiger partial charge in [-0.3, -0.25) is 4.79 Å². The number of carbonyl (C=O) groups is 1. The summed E-state index contributed by atoms with van der Waals surface area (Å²) in [5.41, 5.74) is 8.14. The molecule has 2 aromatic carbocycles. The lowest BCUT2D eigenvalue weighted by Gasteiger charge is -2.15. The summed E-state index contributed by atoms with van der Waals surface area (Å²) in [6.45, 7) is 0. The normalized spacial score (nSPS) is 10.2. The summed E-state index contributed by atoms with van der Waals surface area (Å²) in [4.78, 5) is 11.0. The minimum Gasteiger partial charge on any atom is -0.493 e. The van der Waals surface area contributed by atoms with E-state index in [2.05, 4.69) is 0 Å². The highest BCUT2D eigenvalue weighted by molar-refractivity contribution is 6.33. The van der Waals surface area contributed by atoms with Gasteiger partial charge in [-0.05, 0) is 24.3 Å². The minimum absolute atomic E-state index is 0.472. The number of methoxy groups -OCH3 is 2. The van der Waals surface area contributed by atoms with Crippen molar-refractivity contribution in [2.75, 3.05) is 20.0 Å². The molecular formula is C15H14ClNO3. The number of halogens is 1. The van der Waals surface area contributed by atoms with Crippen LogP contribution in [0.5, 0.6) is 11.5 Å². The van der Waals surface area contributed by atoms with Crippen LogP contribution in [0, 0.1) is 0 Å². The van der Waals surface area contributed by atoms with Crippen molar-refractivity contribution in [3.8, 4) is 22.6 Å². The fourth-order valence-electron chi connectivity index (χ4n) is 2.00. The highest BCUT2D eigenvalue weighted by atomic mass is 35.5. The van der Waals surface area contributed by atoms with Crippen molar-refractivity contribution in [3.63, 3.8) is 0 Å². The number of aldehydes is 1. The van der Waals surface area contributed by atoms with Crippen molar-refractivity contribution < 1.29 is 14.3 Å². The van der Waals surface area contributed by atoms with Crippen molar-refractivity contribution in [3.05, 3.63) is 40.9 Å². The molecule has 0 fully saturated rings. The van der Waals surface area contributed by atoms with Gasteiger partial charge in [-0.15, -0.1) is 0 Å². The number of anilines is 1. The van der Waals surface area contributed by atoms with Crippen molar-refractivity contribution in [2.45, 2.75) is 0 Å². The highest BCUT2D eigenvalue weighted by Crippen LogP contribution is 2.41. The molecule has 0 aliphatic heterocycles. The third-order valence-corrected chi connectivity index (χ3v) is 3.23. The van der Waals surface area contributed by atoms with Crippen LogP contribution < -0.4 is 15.2 Å². The zero-order chi connectivity index (χ0) is 14.7. The van der Waals surface area contributed by atoms with E-state index in [0.29, 0.717) is 33.3 Å². The van der Waals surface area contributed by atoms with Gasteiger partial charge in [0.05, 0.1) is 19.2 Å². The molecule has 0 aliphatic carbocycles. The van der Waals surface area contributed by atoms with E-state index in [1.54, 1.807) is 30.3 Å². The van der Waals surface area contributed by atoms with E-state index in [4.69, 9.17) is 26.8 Å². The molecule has 0 aromatic heterocycles. The molecule has 0 unspecified atom stereocenters. The van der Waals surface area contributed by atoms with Crippen LogP contribution in [0.4, 0.5) is 5.69 Å².